The number of aryl methyl sites for hydroxylation is 1. The van der Waals surface area contributed by atoms with Gasteiger partial charge in [-0.1, -0.05) is 38.1 Å². The van der Waals surface area contributed by atoms with Gasteiger partial charge in [-0.3, -0.25) is 9.59 Å². The predicted molar refractivity (Wildman–Crippen MR) is 130 cm³/mol. The van der Waals surface area contributed by atoms with Gasteiger partial charge in [0.15, 0.2) is 0 Å². The molecular formula is C23H33ClN4O3S. The highest BCUT2D eigenvalue weighted by Crippen LogP contribution is 2.29. The first-order valence-corrected chi connectivity index (χ1v) is 11.5. The van der Waals surface area contributed by atoms with Crippen LogP contribution >= 0.6 is 23.7 Å². The van der Waals surface area contributed by atoms with Gasteiger partial charge in [0, 0.05) is 19.4 Å². The Labute approximate surface area is 199 Å². The fourth-order valence-corrected chi connectivity index (χ4v) is 4.63. The zero-order valence-electron chi connectivity index (χ0n) is 19.0. The molecular weight excluding hydrogens is 448 g/mol. The number of benzene rings is 1. The average Bonchev–Trinajstić information content (AvgIpc) is 3.33. The summed E-state index contributed by atoms with van der Waals surface area (Å²) in [5, 5.41) is 13.1. The van der Waals surface area contributed by atoms with Crippen LogP contribution in [-0.4, -0.2) is 52.0 Å². The van der Waals surface area contributed by atoms with Crippen molar-refractivity contribution in [1.82, 2.24) is 15.2 Å². The van der Waals surface area contributed by atoms with Crippen LogP contribution in [0.3, 0.4) is 0 Å². The number of hydrogen-bond acceptors (Lipinski definition) is 6. The maximum Gasteiger partial charge on any atom is 0.243 e. The van der Waals surface area contributed by atoms with E-state index in [0.717, 1.165) is 21.7 Å². The molecule has 1 aliphatic heterocycles. The summed E-state index contributed by atoms with van der Waals surface area (Å²) in [5.74, 6) is -0.394. The highest BCUT2D eigenvalue weighted by atomic mass is 35.5. The van der Waals surface area contributed by atoms with Crippen molar-refractivity contribution < 1.29 is 14.7 Å². The zero-order chi connectivity index (χ0) is 22.8. The minimum atomic E-state index is -0.696. The van der Waals surface area contributed by atoms with E-state index in [2.05, 4.69) is 10.3 Å². The van der Waals surface area contributed by atoms with Gasteiger partial charge in [-0.2, -0.15) is 0 Å². The van der Waals surface area contributed by atoms with Crippen LogP contribution < -0.4 is 11.1 Å². The molecule has 0 spiro atoms. The summed E-state index contributed by atoms with van der Waals surface area (Å²) in [4.78, 5) is 32.7. The second-order valence-electron chi connectivity index (χ2n) is 9.12. The van der Waals surface area contributed by atoms with Crippen LogP contribution in [0.4, 0.5) is 0 Å². The first-order valence-electron chi connectivity index (χ1n) is 10.6. The van der Waals surface area contributed by atoms with Crippen molar-refractivity contribution in [1.29, 1.82) is 0 Å². The monoisotopic (exact) mass is 480 g/mol. The van der Waals surface area contributed by atoms with E-state index in [-0.39, 0.29) is 55.1 Å². The van der Waals surface area contributed by atoms with Crippen LogP contribution in [0.5, 0.6) is 0 Å². The van der Waals surface area contributed by atoms with E-state index in [1.807, 2.05) is 57.5 Å². The second kappa shape index (κ2) is 10.7. The molecule has 7 nitrogen and oxygen atoms in total. The van der Waals surface area contributed by atoms with Crippen molar-refractivity contribution in [2.24, 2.45) is 11.1 Å². The van der Waals surface area contributed by atoms with E-state index in [0.29, 0.717) is 6.54 Å². The maximum atomic E-state index is 13.0. The van der Waals surface area contributed by atoms with Crippen LogP contribution in [0.15, 0.2) is 29.8 Å². The molecule has 0 aliphatic carbocycles. The summed E-state index contributed by atoms with van der Waals surface area (Å²) in [6.45, 7) is 8.30. The molecule has 0 unspecified atom stereocenters. The van der Waals surface area contributed by atoms with Crippen molar-refractivity contribution in [3.8, 4) is 10.4 Å². The highest BCUT2D eigenvalue weighted by Gasteiger charge is 2.40. The number of aromatic nitrogens is 1. The summed E-state index contributed by atoms with van der Waals surface area (Å²) in [5.41, 5.74) is 10.3. The summed E-state index contributed by atoms with van der Waals surface area (Å²) < 4.78 is 0. The van der Waals surface area contributed by atoms with E-state index >= 15 is 0 Å². The van der Waals surface area contributed by atoms with Gasteiger partial charge in [0.1, 0.15) is 6.04 Å². The molecule has 32 heavy (non-hydrogen) atoms. The number of hydrogen-bond donors (Lipinski definition) is 3. The van der Waals surface area contributed by atoms with E-state index in [4.69, 9.17) is 5.73 Å². The minimum Gasteiger partial charge on any atom is -0.391 e. The Hall–Kier alpha value is -2.00. The Balaban J connectivity index is 0.00000363. The molecule has 2 amide bonds. The van der Waals surface area contributed by atoms with Gasteiger partial charge in [0.05, 0.1) is 28.2 Å². The van der Waals surface area contributed by atoms with Crippen LogP contribution in [-0.2, 0) is 9.59 Å². The Morgan fingerprint density at radius 2 is 2.00 bits per heavy atom. The number of carbonyl (C=O) groups excluding carboxylic acids is 2. The Bertz CT molecular complexity index is 932. The molecule has 0 radical (unpaired) electrons. The summed E-state index contributed by atoms with van der Waals surface area (Å²) >= 11 is 1.60. The molecule has 0 bridgehead atoms. The highest BCUT2D eigenvalue weighted by molar-refractivity contribution is 7.13. The number of halogens is 1. The molecule has 1 aromatic heterocycles. The lowest BCUT2D eigenvalue weighted by Gasteiger charge is -2.29. The van der Waals surface area contributed by atoms with Gasteiger partial charge >= 0.3 is 0 Å². The maximum absolute atomic E-state index is 13.0. The van der Waals surface area contributed by atoms with Gasteiger partial charge in [0.2, 0.25) is 11.8 Å². The third kappa shape index (κ3) is 6.07. The molecule has 3 rings (SSSR count). The Morgan fingerprint density at radius 3 is 2.56 bits per heavy atom. The van der Waals surface area contributed by atoms with Crippen LogP contribution in [0.25, 0.3) is 10.4 Å². The van der Waals surface area contributed by atoms with Gasteiger partial charge in [-0.15, -0.1) is 23.7 Å². The van der Waals surface area contributed by atoms with E-state index in [1.165, 1.54) is 4.90 Å². The smallest absolute Gasteiger partial charge is 0.243 e. The van der Waals surface area contributed by atoms with Crippen LogP contribution in [0, 0.1) is 12.3 Å². The molecule has 1 fully saturated rings. The first-order chi connectivity index (χ1) is 14.6. The number of amides is 2. The molecule has 3 atom stereocenters. The number of nitrogens with one attached hydrogen (secondary N) is 1. The van der Waals surface area contributed by atoms with Crippen molar-refractivity contribution in [2.75, 3.05) is 13.1 Å². The third-order valence-corrected chi connectivity index (χ3v) is 6.84. The third-order valence-electron chi connectivity index (χ3n) is 5.86. The van der Waals surface area contributed by atoms with E-state index in [9.17, 15) is 14.7 Å². The van der Waals surface area contributed by atoms with Crippen LogP contribution in [0.1, 0.15) is 50.9 Å². The Kier molecular flexibility index (Phi) is 8.82. The number of aliphatic hydroxyl groups excluding tert-OH is 1. The SMILES string of the molecule is Cc1ncsc1-c1ccc([C@H](C)NC(=O)[C@@H]2C[C@@H](O)CN2C(=O)CC(C)(C)CN)cc1.Cl. The van der Waals surface area contributed by atoms with E-state index in [1.54, 1.807) is 11.3 Å². The van der Waals surface area contributed by atoms with Crippen molar-refractivity contribution >= 4 is 35.6 Å². The topological polar surface area (TPSA) is 109 Å². The number of thiazole rings is 1. The van der Waals surface area contributed by atoms with Gasteiger partial charge in [-0.05, 0) is 36.9 Å². The lowest BCUT2D eigenvalue weighted by atomic mass is 9.89. The standard InChI is InChI=1S/C23H32N4O3S.ClH/c1-14(16-5-7-17(8-6-16)21-15(2)25-13-31-21)26-22(30)19-9-18(28)11-27(19)20(29)10-23(3,4)12-24;/h5-8,13-14,18-19,28H,9-12,24H2,1-4H3,(H,26,30);1H/t14-,18+,19-;/m0./s1. The fourth-order valence-electron chi connectivity index (χ4n) is 3.82. The largest absolute Gasteiger partial charge is 0.391 e. The van der Waals surface area contributed by atoms with Crippen molar-refractivity contribution in [2.45, 2.75) is 58.7 Å². The number of aliphatic hydroxyl groups is 1. The molecule has 1 aromatic carbocycles. The minimum absolute atomic E-state index is 0. The molecule has 0 saturated carbocycles. The molecule has 2 heterocycles. The van der Waals surface area contributed by atoms with Gasteiger partial charge < -0.3 is 21.1 Å². The number of likely N-dealkylation sites (tertiary alicyclic amines) is 1. The number of nitrogens with two attached hydrogens (primary N) is 1. The zero-order valence-corrected chi connectivity index (χ0v) is 20.6. The molecule has 9 heteroatoms. The molecule has 1 saturated heterocycles. The lowest BCUT2D eigenvalue weighted by molar-refractivity contribution is -0.140. The van der Waals surface area contributed by atoms with Crippen LogP contribution in [0.2, 0.25) is 0 Å². The number of rotatable bonds is 7. The quantitative estimate of drug-likeness (QED) is 0.564. The number of carbonyl (C=O) groups is 2. The predicted octanol–water partition coefficient (Wildman–Crippen LogP) is 3.05. The number of β-amino-alcohol motifs (C(OH)–C–C–N with tert-alkyl or cyclic N) is 1. The average molecular weight is 481 g/mol. The fraction of sp³-hybridized carbons (Fsp3) is 0.522. The normalized spacial score (nSPS) is 19.4. The summed E-state index contributed by atoms with van der Waals surface area (Å²) in [6, 6.07) is 7.16. The van der Waals surface area contributed by atoms with E-state index < -0.39 is 12.1 Å². The second-order valence-corrected chi connectivity index (χ2v) is 9.97. The molecule has 176 valence electrons. The van der Waals surface area contributed by atoms with Gasteiger partial charge in [0.25, 0.3) is 0 Å². The summed E-state index contributed by atoms with van der Waals surface area (Å²) in [7, 11) is 0. The Morgan fingerprint density at radius 1 is 1.34 bits per heavy atom. The summed E-state index contributed by atoms with van der Waals surface area (Å²) in [6.07, 6.45) is -0.205. The van der Waals surface area contributed by atoms with Crippen molar-refractivity contribution in [3.05, 3.63) is 41.0 Å². The number of nitrogens with zero attached hydrogens (tertiary/aromatic N) is 2. The van der Waals surface area contributed by atoms with Gasteiger partial charge in [-0.25, -0.2) is 4.98 Å². The lowest BCUT2D eigenvalue weighted by Crippen LogP contribution is -2.47. The molecule has 4 N–H and O–H groups in total. The molecule has 1 aliphatic rings. The van der Waals surface area contributed by atoms with Crippen molar-refractivity contribution in [3.63, 3.8) is 0 Å². The first kappa shape index (κ1) is 26.3. The molecule has 2 aromatic rings.